The molecule has 1 unspecified atom stereocenters. The van der Waals surface area contributed by atoms with Gasteiger partial charge in [0.15, 0.2) is 0 Å². The van der Waals surface area contributed by atoms with Gasteiger partial charge in [0, 0.05) is 25.2 Å². The molecule has 0 aromatic heterocycles. The van der Waals surface area contributed by atoms with E-state index in [2.05, 4.69) is 31.1 Å². The van der Waals surface area contributed by atoms with Crippen LogP contribution in [0.1, 0.15) is 33.1 Å². The van der Waals surface area contributed by atoms with Crippen LogP contribution in [0.4, 0.5) is 0 Å². The van der Waals surface area contributed by atoms with Gasteiger partial charge in [-0.25, -0.2) is 8.42 Å². The van der Waals surface area contributed by atoms with Crippen LogP contribution in [0, 0.1) is 0 Å². The highest BCUT2D eigenvalue weighted by atomic mass is 32.2. The van der Waals surface area contributed by atoms with Gasteiger partial charge in [-0.15, -0.1) is 0 Å². The molecule has 0 spiro atoms. The lowest BCUT2D eigenvalue weighted by atomic mass is 10.1. The summed E-state index contributed by atoms with van der Waals surface area (Å²) in [4.78, 5) is 2.34. The van der Waals surface area contributed by atoms with Crippen molar-refractivity contribution in [1.29, 1.82) is 0 Å². The van der Waals surface area contributed by atoms with Crippen molar-refractivity contribution in [3.05, 3.63) is 0 Å². The number of likely N-dealkylation sites (N-methyl/N-ethyl adjacent to an activating group) is 1. The van der Waals surface area contributed by atoms with Gasteiger partial charge in [0.25, 0.3) is 0 Å². The predicted molar refractivity (Wildman–Crippen MR) is 72.1 cm³/mol. The first kappa shape index (κ1) is 14.9. The monoisotopic (exact) mass is 262 g/mol. The molecular formula is C12H26N2O2S. The van der Waals surface area contributed by atoms with E-state index in [1.165, 1.54) is 0 Å². The van der Waals surface area contributed by atoms with Gasteiger partial charge in [0.1, 0.15) is 9.84 Å². The zero-order valence-corrected chi connectivity index (χ0v) is 12.1. The fraction of sp³-hybridized carbons (Fsp3) is 1.00. The second-order valence-corrected chi connectivity index (χ2v) is 7.42. The molecule has 0 amide bonds. The third-order valence-corrected chi connectivity index (χ3v) is 5.51. The van der Waals surface area contributed by atoms with Crippen LogP contribution in [-0.4, -0.2) is 57.0 Å². The van der Waals surface area contributed by atoms with E-state index in [4.69, 9.17) is 0 Å². The van der Waals surface area contributed by atoms with Crippen molar-refractivity contribution in [3.63, 3.8) is 0 Å². The molecule has 5 heteroatoms. The van der Waals surface area contributed by atoms with Crippen molar-refractivity contribution in [2.24, 2.45) is 0 Å². The summed E-state index contributed by atoms with van der Waals surface area (Å²) in [6.07, 6.45) is 2.71. The zero-order valence-electron chi connectivity index (χ0n) is 11.3. The fourth-order valence-corrected chi connectivity index (χ4v) is 3.56. The summed E-state index contributed by atoms with van der Waals surface area (Å²) in [5.74, 6) is 0.706. The predicted octanol–water partition coefficient (Wildman–Crippen LogP) is 0.884. The van der Waals surface area contributed by atoms with Gasteiger partial charge < -0.3 is 10.2 Å². The second-order valence-electron chi connectivity index (χ2n) is 5.12. The van der Waals surface area contributed by atoms with Gasteiger partial charge in [-0.3, -0.25) is 0 Å². The van der Waals surface area contributed by atoms with Crippen LogP contribution in [0.5, 0.6) is 0 Å². The number of nitrogens with one attached hydrogen (secondary N) is 1. The van der Waals surface area contributed by atoms with E-state index in [1.807, 2.05) is 0 Å². The van der Waals surface area contributed by atoms with Crippen molar-refractivity contribution in [2.75, 3.05) is 31.6 Å². The molecule has 4 nitrogen and oxygen atoms in total. The molecule has 0 saturated carbocycles. The summed E-state index contributed by atoms with van der Waals surface area (Å²) >= 11 is 0. The first-order valence-corrected chi connectivity index (χ1v) is 8.41. The number of hydrogen-bond donors (Lipinski definition) is 1. The lowest BCUT2D eigenvalue weighted by Crippen LogP contribution is -2.42. The Labute approximate surface area is 106 Å². The molecule has 1 heterocycles. The van der Waals surface area contributed by atoms with Crippen molar-refractivity contribution >= 4 is 9.84 Å². The molecule has 1 aliphatic rings. The fourth-order valence-electron chi connectivity index (χ4n) is 2.07. The van der Waals surface area contributed by atoms with E-state index in [1.54, 1.807) is 0 Å². The standard InChI is InChI=1S/C12H26N2O2S/c1-4-11(2)14(3)8-7-13-12-5-9-17(15,16)10-6-12/h11-13H,4-10H2,1-3H3. The highest BCUT2D eigenvalue weighted by Gasteiger charge is 2.22. The molecule has 1 N–H and O–H groups in total. The number of nitrogens with zero attached hydrogens (tertiary/aromatic N) is 1. The summed E-state index contributed by atoms with van der Waals surface area (Å²) in [6, 6.07) is 1.01. The van der Waals surface area contributed by atoms with Crippen molar-refractivity contribution in [2.45, 2.75) is 45.2 Å². The van der Waals surface area contributed by atoms with Crippen LogP contribution < -0.4 is 5.32 Å². The molecular weight excluding hydrogens is 236 g/mol. The number of sulfone groups is 1. The van der Waals surface area contributed by atoms with Crippen molar-refractivity contribution in [3.8, 4) is 0 Å². The molecule has 0 radical (unpaired) electrons. The molecule has 1 aliphatic heterocycles. The molecule has 1 atom stereocenters. The molecule has 1 fully saturated rings. The minimum atomic E-state index is -2.72. The molecule has 0 aliphatic carbocycles. The zero-order chi connectivity index (χ0) is 12.9. The number of hydrogen-bond acceptors (Lipinski definition) is 4. The van der Waals surface area contributed by atoms with Gasteiger partial charge in [-0.1, -0.05) is 6.92 Å². The molecule has 0 aromatic carbocycles. The normalized spacial score (nSPS) is 22.8. The maximum atomic E-state index is 11.3. The Hall–Kier alpha value is -0.130. The lowest BCUT2D eigenvalue weighted by molar-refractivity contribution is 0.247. The number of rotatable bonds is 6. The van der Waals surface area contributed by atoms with Crippen LogP contribution in [0.2, 0.25) is 0 Å². The molecule has 17 heavy (non-hydrogen) atoms. The quantitative estimate of drug-likeness (QED) is 0.772. The molecule has 1 saturated heterocycles. The Balaban J connectivity index is 2.16. The summed E-state index contributed by atoms with van der Waals surface area (Å²) in [5.41, 5.74) is 0. The third kappa shape index (κ3) is 5.36. The van der Waals surface area contributed by atoms with Crippen molar-refractivity contribution in [1.82, 2.24) is 10.2 Å². The largest absolute Gasteiger partial charge is 0.313 e. The maximum absolute atomic E-state index is 11.3. The van der Waals surface area contributed by atoms with Crippen LogP contribution >= 0.6 is 0 Å². The maximum Gasteiger partial charge on any atom is 0.150 e. The van der Waals surface area contributed by atoms with Crippen LogP contribution in [0.3, 0.4) is 0 Å². The molecule has 0 bridgehead atoms. The Morgan fingerprint density at radius 2 is 1.94 bits per heavy atom. The third-order valence-electron chi connectivity index (χ3n) is 3.80. The molecule has 102 valence electrons. The molecule has 0 aromatic rings. The van der Waals surface area contributed by atoms with Crippen LogP contribution in [0.25, 0.3) is 0 Å². The van der Waals surface area contributed by atoms with E-state index in [0.29, 0.717) is 23.6 Å². The van der Waals surface area contributed by atoms with E-state index in [0.717, 1.165) is 32.4 Å². The van der Waals surface area contributed by atoms with E-state index in [9.17, 15) is 8.42 Å². The average molecular weight is 262 g/mol. The highest BCUT2D eigenvalue weighted by molar-refractivity contribution is 7.91. The van der Waals surface area contributed by atoms with E-state index in [-0.39, 0.29) is 0 Å². The molecule has 1 rings (SSSR count). The smallest absolute Gasteiger partial charge is 0.150 e. The van der Waals surface area contributed by atoms with Gasteiger partial charge in [0.2, 0.25) is 0 Å². The van der Waals surface area contributed by atoms with Crippen LogP contribution in [0.15, 0.2) is 0 Å². The Kier molecular flexibility index (Phi) is 5.89. The minimum absolute atomic E-state index is 0.353. The average Bonchev–Trinajstić information content (AvgIpc) is 2.30. The Bertz CT molecular complexity index is 302. The first-order chi connectivity index (χ1) is 7.94. The van der Waals surface area contributed by atoms with Gasteiger partial charge in [-0.05, 0) is 33.2 Å². The summed E-state index contributed by atoms with van der Waals surface area (Å²) in [5, 5.41) is 3.46. The SMILES string of the molecule is CCC(C)N(C)CCNC1CCS(=O)(=O)CC1. The lowest BCUT2D eigenvalue weighted by Gasteiger charge is -2.27. The summed E-state index contributed by atoms with van der Waals surface area (Å²) in [6.45, 7) is 6.40. The van der Waals surface area contributed by atoms with Crippen LogP contribution in [-0.2, 0) is 9.84 Å². The van der Waals surface area contributed by atoms with E-state index >= 15 is 0 Å². The van der Waals surface area contributed by atoms with Gasteiger partial charge in [0.05, 0.1) is 11.5 Å². The highest BCUT2D eigenvalue weighted by Crippen LogP contribution is 2.11. The summed E-state index contributed by atoms with van der Waals surface area (Å²) < 4.78 is 22.5. The van der Waals surface area contributed by atoms with Gasteiger partial charge >= 0.3 is 0 Å². The minimum Gasteiger partial charge on any atom is -0.313 e. The van der Waals surface area contributed by atoms with E-state index < -0.39 is 9.84 Å². The summed E-state index contributed by atoms with van der Waals surface area (Å²) in [7, 11) is -0.585. The van der Waals surface area contributed by atoms with Crippen molar-refractivity contribution < 1.29 is 8.42 Å². The Morgan fingerprint density at radius 3 is 2.47 bits per heavy atom. The first-order valence-electron chi connectivity index (χ1n) is 6.58. The Morgan fingerprint density at radius 1 is 1.35 bits per heavy atom. The topological polar surface area (TPSA) is 49.4 Å². The van der Waals surface area contributed by atoms with Gasteiger partial charge in [-0.2, -0.15) is 0 Å². The second kappa shape index (κ2) is 6.71.